The lowest BCUT2D eigenvalue weighted by atomic mass is 9.69. The molecule has 2 fully saturated rings. The summed E-state index contributed by atoms with van der Waals surface area (Å²) in [5, 5.41) is 12.7. The molecule has 2 bridgehead atoms. The number of allylic oxidation sites excluding steroid dienone is 1. The number of nitrogens with zero attached hydrogens (tertiary/aromatic N) is 3. The van der Waals surface area contributed by atoms with E-state index in [1.165, 1.54) is 24.6 Å². The lowest BCUT2D eigenvalue weighted by Crippen LogP contribution is -2.47. The number of aromatic nitrogens is 3. The van der Waals surface area contributed by atoms with E-state index in [2.05, 4.69) is 42.9 Å². The molecule has 2 heterocycles. The number of benzene rings is 1. The van der Waals surface area contributed by atoms with Crippen LogP contribution < -0.4 is 14.8 Å². The average Bonchev–Trinajstić information content (AvgIpc) is 3.36. The smallest absolute Gasteiger partial charge is 0.230 e. The molecule has 1 aromatic heterocycles. The summed E-state index contributed by atoms with van der Waals surface area (Å²) in [6.45, 7) is 11.8. The summed E-state index contributed by atoms with van der Waals surface area (Å²) in [7, 11) is 0. The zero-order chi connectivity index (χ0) is 23.2. The maximum Gasteiger partial charge on any atom is 0.230 e. The van der Waals surface area contributed by atoms with E-state index < -0.39 is 0 Å². The summed E-state index contributed by atoms with van der Waals surface area (Å²) in [5.41, 5.74) is 0.445. The minimum Gasteiger partial charge on any atom is -0.485 e. The number of hydrogen-bond acceptors (Lipinski definition) is 6. The quantitative estimate of drug-likeness (QED) is 0.479. The van der Waals surface area contributed by atoms with E-state index >= 15 is 0 Å². The van der Waals surface area contributed by atoms with Crippen LogP contribution in [0.5, 0.6) is 11.5 Å². The Hall–Kier alpha value is -2.48. The zero-order valence-electron chi connectivity index (χ0n) is 19.5. The summed E-state index contributed by atoms with van der Waals surface area (Å²) in [6, 6.07) is 7.84. The molecule has 5 rings (SSSR count). The van der Waals surface area contributed by atoms with Gasteiger partial charge in [0.1, 0.15) is 6.61 Å². The number of hydrogen-bond donors (Lipinski definition) is 1. The zero-order valence-corrected chi connectivity index (χ0v) is 20.4. The first-order chi connectivity index (χ1) is 15.8. The fourth-order valence-electron chi connectivity index (χ4n) is 5.88. The van der Waals surface area contributed by atoms with Crippen LogP contribution in [0.15, 0.2) is 42.1 Å². The van der Waals surface area contributed by atoms with E-state index in [0.717, 1.165) is 12.2 Å². The minimum atomic E-state index is -0.369. The van der Waals surface area contributed by atoms with Crippen LogP contribution in [0.3, 0.4) is 0 Å². The molecule has 33 heavy (non-hydrogen) atoms. The predicted molar refractivity (Wildman–Crippen MR) is 127 cm³/mol. The highest BCUT2D eigenvalue weighted by Crippen LogP contribution is 2.65. The van der Waals surface area contributed by atoms with Crippen molar-refractivity contribution in [3.05, 3.63) is 42.7 Å². The molecular weight excluding hydrogens is 436 g/mol. The summed E-state index contributed by atoms with van der Waals surface area (Å²) < 4.78 is 13.9. The van der Waals surface area contributed by atoms with Crippen LogP contribution in [-0.2, 0) is 11.3 Å². The summed E-state index contributed by atoms with van der Waals surface area (Å²) in [5.74, 6) is 3.15. The summed E-state index contributed by atoms with van der Waals surface area (Å²) in [4.78, 5) is 12.9. The molecule has 1 aromatic carbocycles. The molecule has 1 N–H and O–H groups in total. The van der Waals surface area contributed by atoms with Crippen LogP contribution in [-0.4, -0.2) is 39.1 Å². The number of carbonyl (C=O) groups is 1. The third-order valence-electron chi connectivity index (χ3n) is 8.32. The van der Waals surface area contributed by atoms with Gasteiger partial charge in [0.2, 0.25) is 5.91 Å². The largest absolute Gasteiger partial charge is 0.485 e. The van der Waals surface area contributed by atoms with Gasteiger partial charge in [0.25, 0.3) is 0 Å². The first-order valence-electron chi connectivity index (χ1n) is 11.7. The monoisotopic (exact) mass is 468 g/mol. The number of nitrogens with one attached hydrogen (secondary N) is 1. The van der Waals surface area contributed by atoms with E-state index in [-0.39, 0.29) is 28.9 Å². The topological polar surface area (TPSA) is 78.3 Å². The number of thioether (sulfide) groups is 1. The Balaban J connectivity index is 1.25. The highest BCUT2D eigenvalue weighted by Gasteiger charge is 2.61. The van der Waals surface area contributed by atoms with E-state index in [4.69, 9.17) is 9.47 Å². The second-order valence-corrected chi connectivity index (χ2v) is 11.1. The van der Waals surface area contributed by atoms with Crippen LogP contribution >= 0.6 is 11.8 Å². The van der Waals surface area contributed by atoms with Crippen molar-refractivity contribution in [2.24, 2.45) is 16.7 Å². The molecule has 1 amide bonds. The molecule has 0 radical (unpaired) electrons. The maximum atomic E-state index is 12.9. The highest BCUT2D eigenvalue weighted by atomic mass is 32.2. The van der Waals surface area contributed by atoms with Gasteiger partial charge in [-0.15, -0.1) is 16.8 Å². The second kappa shape index (κ2) is 8.38. The number of ether oxygens (including phenoxy) is 2. The maximum absolute atomic E-state index is 12.9. The molecule has 176 valence electrons. The standard InChI is InChI=1S/C25H32N4O3S/c1-5-12-29-22(19-14-31-17-8-6-7-9-18(17)32-19)27-28-23(29)33-15-21(30)26-20-13-16-10-11-25(20,4)24(16,2)3/h5-9,16,19-20H,1,10-15H2,2-4H3,(H,26,30)/t16-,19-,20-,25-/m1/s1. The highest BCUT2D eigenvalue weighted by molar-refractivity contribution is 7.99. The number of amides is 1. The lowest BCUT2D eigenvalue weighted by molar-refractivity contribution is -0.120. The Morgan fingerprint density at radius 1 is 1.30 bits per heavy atom. The normalized spacial score (nSPS) is 29.1. The van der Waals surface area contributed by atoms with Crippen molar-refractivity contribution in [2.45, 2.75) is 63.9 Å². The fraction of sp³-hybridized carbons (Fsp3) is 0.560. The van der Waals surface area contributed by atoms with Gasteiger partial charge in [-0.05, 0) is 48.1 Å². The van der Waals surface area contributed by atoms with Crippen molar-refractivity contribution < 1.29 is 14.3 Å². The molecule has 0 unspecified atom stereocenters. The first kappa shape index (κ1) is 22.3. The third-order valence-corrected chi connectivity index (χ3v) is 9.28. The van der Waals surface area contributed by atoms with Crippen LogP contribution in [0.1, 0.15) is 52.0 Å². The molecule has 2 aromatic rings. The van der Waals surface area contributed by atoms with Gasteiger partial charge in [-0.2, -0.15) is 0 Å². The van der Waals surface area contributed by atoms with Gasteiger partial charge >= 0.3 is 0 Å². The van der Waals surface area contributed by atoms with Crippen LogP contribution in [0.4, 0.5) is 0 Å². The van der Waals surface area contributed by atoms with Crippen LogP contribution in [0, 0.1) is 16.7 Å². The van der Waals surface area contributed by atoms with Gasteiger partial charge in [0.15, 0.2) is 28.6 Å². The van der Waals surface area contributed by atoms with Crippen molar-refractivity contribution >= 4 is 17.7 Å². The SMILES string of the molecule is C=CCn1c(SCC(=O)N[C@@H]2C[C@H]3CC[C@@]2(C)C3(C)C)nnc1[C@H]1COc2ccccc2O1. The number of carbonyl (C=O) groups excluding carboxylic acids is 1. The summed E-state index contributed by atoms with van der Waals surface area (Å²) in [6.07, 6.45) is 4.97. The van der Waals surface area contributed by atoms with E-state index in [1.54, 1.807) is 6.08 Å². The van der Waals surface area contributed by atoms with Crippen molar-refractivity contribution in [1.82, 2.24) is 20.1 Å². The second-order valence-electron chi connectivity index (χ2n) is 10.1. The molecule has 7 nitrogen and oxygen atoms in total. The molecule has 3 aliphatic rings. The van der Waals surface area contributed by atoms with Gasteiger partial charge in [-0.1, -0.05) is 50.7 Å². The molecular formula is C25H32N4O3S. The van der Waals surface area contributed by atoms with Gasteiger partial charge in [-0.25, -0.2) is 0 Å². The van der Waals surface area contributed by atoms with Gasteiger partial charge in [0.05, 0.1) is 5.75 Å². The molecule has 8 heteroatoms. The molecule has 0 saturated heterocycles. The molecule has 2 saturated carbocycles. The molecule has 0 spiro atoms. The Bertz CT molecular complexity index is 1070. The van der Waals surface area contributed by atoms with Crippen molar-refractivity contribution in [2.75, 3.05) is 12.4 Å². The Kier molecular flexibility index (Phi) is 5.67. The average molecular weight is 469 g/mol. The Morgan fingerprint density at radius 2 is 2.09 bits per heavy atom. The molecule has 4 atom stereocenters. The van der Waals surface area contributed by atoms with E-state index in [9.17, 15) is 4.79 Å². The lowest BCUT2D eigenvalue weighted by Gasteiger charge is -2.39. The Morgan fingerprint density at radius 3 is 2.79 bits per heavy atom. The number of para-hydroxylation sites is 2. The van der Waals surface area contributed by atoms with Crippen LogP contribution in [0.2, 0.25) is 0 Å². The van der Waals surface area contributed by atoms with Crippen LogP contribution in [0.25, 0.3) is 0 Å². The summed E-state index contributed by atoms with van der Waals surface area (Å²) >= 11 is 1.40. The van der Waals surface area contributed by atoms with Crippen molar-refractivity contribution in [3.8, 4) is 11.5 Å². The third kappa shape index (κ3) is 3.72. The first-order valence-corrected chi connectivity index (χ1v) is 12.7. The van der Waals surface area contributed by atoms with Gasteiger partial charge in [0, 0.05) is 12.6 Å². The molecule has 2 aliphatic carbocycles. The molecule has 1 aliphatic heterocycles. The Labute approximate surface area is 199 Å². The van der Waals surface area contributed by atoms with E-state index in [1.807, 2.05) is 28.8 Å². The predicted octanol–water partition coefficient (Wildman–Crippen LogP) is 4.40. The minimum absolute atomic E-state index is 0.0513. The van der Waals surface area contributed by atoms with Crippen molar-refractivity contribution in [3.63, 3.8) is 0 Å². The van der Waals surface area contributed by atoms with Crippen molar-refractivity contribution in [1.29, 1.82) is 0 Å². The van der Waals surface area contributed by atoms with Gasteiger partial charge in [-0.3, -0.25) is 9.36 Å². The number of fused-ring (bicyclic) bond motifs is 3. The number of rotatable bonds is 7. The van der Waals surface area contributed by atoms with E-state index in [0.29, 0.717) is 41.6 Å². The fourth-order valence-corrected chi connectivity index (χ4v) is 6.65. The van der Waals surface area contributed by atoms with Gasteiger partial charge < -0.3 is 14.8 Å².